The minimum atomic E-state index is -0.170. The standard InChI is InChI=1S/C12H8N4OS/c17-12(14-9-3-5-13-6-4-9)8-1-2-10-11(7-8)16-18-15-10/h1-7H,(H,13,14,17). The highest BCUT2D eigenvalue weighted by Gasteiger charge is 2.08. The van der Waals surface area contributed by atoms with Gasteiger partial charge in [0.1, 0.15) is 11.0 Å². The van der Waals surface area contributed by atoms with Gasteiger partial charge in [0.25, 0.3) is 5.91 Å². The molecule has 2 aromatic heterocycles. The smallest absolute Gasteiger partial charge is 0.255 e. The van der Waals surface area contributed by atoms with E-state index in [4.69, 9.17) is 0 Å². The van der Waals surface area contributed by atoms with Crippen molar-refractivity contribution in [1.82, 2.24) is 13.7 Å². The molecule has 0 saturated heterocycles. The van der Waals surface area contributed by atoms with Crippen LogP contribution in [0.4, 0.5) is 5.69 Å². The second kappa shape index (κ2) is 4.50. The molecule has 0 unspecified atom stereocenters. The maximum atomic E-state index is 12.0. The van der Waals surface area contributed by atoms with Crippen LogP contribution in [0, 0.1) is 0 Å². The molecule has 0 aliphatic heterocycles. The van der Waals surface area contributed by atoms with Crippen molar-refractivity contribution in [2.24, 2.45) is 0 Å². The zero-order valence-electron chi connectivity index (χ0n) is 9.20. The lowest BCUT2D eigenvalue weighted by atomic mass is 10.2. The van der Waals surface area contributed by atoms with Gasteiger partial charge in [-0.15, -0.1) is 0 Å². The molecule has 6 heteroatoms. The van der Waals surface area contributed by atoms with E-state index in [1.807, 2.05) is 0 Å². The Kier molecular flexibility index (Phi) is 2.70. The number of amides is 1. The van der Waals surface area contributed by atoms with Gasteiger partial charge in [-0.3, -0.25) is 9.78 Å². The number of rotatable bonds is 2. The fourth-order valence-electron chi connectivity index (χ4n) is 1.56. The first-order chi connectivity index (χ1) is 8.83. The minimum absolute atomic E-state index is 0.170. The summed E-state index contributed by atoms with van der Waals surface area (Å²) in [7, 11) is 0. The van der Waals surface area contributed by atoms with Gasteiger partial charge in [0, 0.05) is 23.6 Å². The van der Waals surface area contributed by atoms with Crippen LogP contribution in [0.25, 0.3) is 11.0 Å². The van der Waals surface area contributed by atoms with Gasteiger partial charge in [-0.2, -0.15) is 8.75 Å². The molecule has 0 aliphatic carbocycles. The van der Waals surface area contributed by atoms with Gasteiger partial charge >= 0.3 is 0 Å². The Labute approximate surface area is 107 Å². The number of anilines is 1. The first-order valence-corrected chi connectivity index (χ1v) is 6.00. The van der Waals surface area contributed by atoms with E-state index in [-0.39, 0.29) is 5.91 Å². The monoisotopic (exact) mass is 256 g/mol. The number of aromatic nitrogens is 3. The summed E-state index contributed by atoms with van der Waals surface area (Å²) in [6.45, 7) is 0. The van der Waals surface area contributed by atoms with Crippen LogP contribution >= 0.6 is 11.7 Å². The normalized spacial score (nSPS) is 10.4. The van der Waals surface area contributed by atoms with E-state index in [0.717, 1.165) is 22.8 Å². The molecule has 2 heterocycles. The van der Waals surface area contributed by atoms with Gasteiger partial charge < -0.3 is 5.32 Å². The summed E-state index contributed by atoms with van der Waals surface area (Å²) in [4.78, 5) is 15.9. The van der Waals surface area contributed by atoms with Crippen LogP contribution in [0.15, 0.2) is 42.7 Å². The highest BCUT2D eigenvalue weighted by Crippen LogP contribution is 2.15. The molecule has 0 spiro atoms. The summed E-state index contributed by atoms with van der Waals surface area (Å²) in [5, 5.41) is 2.79. The topological polar surface area (TPSA) is 67.8 Å². The Balaban J connectivity index is 1.87. The van der Waals surface area contributed by atoms with Crippen molar-refractivity contribution in [3.05, 3.63) is 48.3 Å². The summed E-state index contributed by atoms with van der Waals surface area (Å²) in [5.41, 5.74) is 2.82. The molecule has 0 saturated carbocycles. The van der Waals surface area contributed by atoms with E-state index in [0.29, 0.717) is 11.3 Å². The Morgan fingerprint density at radius 3 is 2.67 bits per heavy atom. The highest BCUT2D eigenvalue weighted by atomic mass is 32.1. The van der Waals surface area contributed by atoms with E-state index in [2.05, 4.69) is 19.0 Å². The third-order valence-electron chi connectivity index (χ3n) is 2.45. The molecule has 1 aromatic carbocycles. The van der Waals surface area contributed by atoms with E-state index >= 15 is 0 Å². The van der Waals surface area contributed by atoms with Crippen LogP contribution in [-0.2, 0) is 0 Å². The fraction of sp³-hybridized carbons (Fsp3) is 0. The first kappa shape index (κ1) is 10.8. The van der Waals surface area contributed by atoms with Crippen LogP contribution in [-0.4, -0.2) is 19.6 Å². The van der Waals surface area contributed by atoms with E-state index in [1.54, 1.807) is 42.7 Å². The highest BCUT2D eigenvalue weighted by molar-refractivity contribution is 7.00. The van der Waals surface area contributed by atoms with Crippen molar-refractivity contribution in [2.75, 3.05) is 5.32 Å². The average Bonchev–Trinajstić information content (AvgIpc) is 2.87. The molecular formula is C12H8N4OS. The number of nitrogens with zero attached hydrogens (tertiary/aromatic N) is 3. The number of carbonyl (C=O) groups excluding carboxylic acids is 1. The summed E-state index contributed by atoms with van der Waals surface area (Å²) in [5.74, 6) is -0.170. The average molecular weight is 256 g/mol. The Hall–Kier alpha value is -2.34. The molecule has 3 aromatic rings. The number of nitrogens with one attached hydrogen (secondary N) is 1. The van der Waals surface area contributed by atoms with Gasteiger partial charge in [0.2, 0.25) is 0 Å². The SMILES string of the molecule is O=C(Nc1ccncc1)c1ccc2nsnc2c1. The van der Waals surface area contributed by atoms with Gasteiger partial charge in [-0.05, 0) is 30.3 Å². The maximum absolute atomic E-state index is 12.0. The lowest BCUT2D eigenvalue weighted by molar-refractivity contribution is 0.102. The van der Waals surface area contributed by atoms with Crippen LogP contribution in [0.3, 0.4) is 0 Å². The van der Waals surface area contributed by atoms with Gasteiger partial charge in [0.15, 0.2) is 0 Å². The molecule has 5 nitrogen and oxygen atoms in total. The number of fused-ring (bicyclic) bond motifs is 1. The zero-order valence-corrected chi connectivity index (χ0v) is 10.0. The molecule has 0 atom stereocenters. The van der Waals surface area contributed by atoms with Crippen molar-refractivity contribution in [3.8, 4) is 0 Å². The van der Waals surface area contributed by atoms with Gasteiger partial charge in [0.05, 0.1) is 11.7 Å². The Morgan fingerprint density at radius 2 is 1.83 bits per heavy atom. The van der Waals surface area contributed by atoms with Crippen LogP contribution < -0.4 is 5.32 Å². The van der Waals surface area contributed by atoms with Gasteiger partial charge in [-0.25, -0.2) is 0 Å². The number of hydrogen-bond acceptors (Lipinski definition) is 5. The molecule has 0 bridgehead atoms. The van der Waals surface area contributed by atoms with Crippen LogP contribution in [0.2, 0.25) is 0 Å². The quantitative estimate of drug-likeness (QED) is 0.764. The van der Waals surface area contributed by atoms with Crippen molar-refractivity contribution in [3.63, 3.8) is 0 Å². The summed E-state index contributed by atoms with van der Waals surface area (Å²) < 4.78 is 8.20. The second-order valence-corrected chi connectivity index (χ2v) is 4.19. The summed E-state index contributed by atoms with van der Waals surface area (Å²) >= 11 is 1.14. The molecule has 0 fully saturated rings. The van der Waals surface area contributed by atoms with Crippen molar-refractivity contribution >= 4 is 34.4 Å². The second-order valence-electron chi connectivity index (χ2n) is 3.66. The van der Waals surface area contributed by atoms with E-state index in [9.17, 15) is 4.79 Å². The van der Waals surface area contributed by atoms with E-state index in [1.165, 1.54) is 0 Å². The fourth-order valence-corrected chi connectivity index (χ4v) is 2.08. The molecular weight excluding hydrogens is 248 g/mol. The van der Waals surface area contributed by atoms with Crippen molar-refractivity contribution in [1.29, 1.82) is 0 Å². The predicted octanol–water partition coefficient (Wildman–Crippen LogP) is 2.34. The number of carbonyl (C=O) groups is 1. The molecule has 3 rings (SSSR count). The van der Waals surface area contributed by atoms with Gasteiger partial charge in [-0.1, -0.05) is 0 Å². The minimum Gasteiger partial charge on any atom is -0.322 e. The third-order valence-corrected chi connectivity index (χ3v) is 3.01. The lowest BCUT2D eigenvalue weighted by Crippen LogP contribution is -2.11. The lowest BCUT2D eigenvalue weighted by Gasteiger charge is -2.04. The Morgan fingerprint density at radius 1 is 1.06 bits per heavy atom. The third kappa shape index (κ3) is 2.05. The van der Waals surface area contributed by atoms with Crippen molar-refractivity contribution < 1.29 is 4.79 Å². The molecule has 1 amide bonds. The summed E-state index contributed by atoms with van der Waals surface area (Å²) in [6, 6.07) is 8.73. The zero-order chi connectivity index (χ0) is 12.4. The molecule has 88 valence electrons. The predicted molar refractivity (Wildman–Crippen MR) is 69.6 cm³/mol. The molecule has 1 N–H and O–H groups in total. The number of benzene rings is 1. The largest absolute Gasteiger partial charge is 0.322 e. The van der Waals surface area contributed by atoms with Crippen LogP contribution in [0.5, 0.6) is 0 Å². The maximum Gasteiger partial charge on any atom is 0.255 e. The summed E-state index contributed by atoms with van der Waals surface area (Å²) in [6.07, 6.45) is 3.26. The first-order valence-electron chi connectivity index (χ1n) is 5.26. The molecule has 18 heavy (non-hydrogen) atoms. The number of hydrogen-bond donors (Lipinski definition) is 1. The van der Waals surface area contributed by atoms with Crippen molar-refractivity contribution in [2.45, 2.75) is 0 Å². The van der Waals surface area contributed by atoms with E-state index < -0.39 is 0 Å². The Bertz CT molecular complexity index is 695. The molecule has 0 radical (unpaired) electrons. The molecule has 0 aliphatic rings. The van der Waals surface area contributed by atoms with Crippen LogP contribution in [0.1, 0.15) is 10.4 Å². The number of pyridine rings is 1.